The molecule has 0 radical (unpaired) electrons. The van der Waals surface area contributed by atoms with Crippen LogP contribution in [0.1, 0.15) is 12.5 Å². The summed E-state index contributed by atoms with van der Waals surface area (Å²) in [6, 6.07) is 18.9. The number of aliphatic hydroxyl groups is 1. The van der Waals surface area contributed by atoms with Crippen LogP contribution >= 0.6 is 11.3 Å². The molecule has 0 aliphatic carbocycles. The predicted molar refractivity (Wildman–Crippen MR) is 107 cm³/mol. The lowest BCUT2D eigenvalue weighted by Crippen LogP contribution is -2.29. The van der Waals surface area contributed by atoms with Crippen LogP contribution in [0.3, 0.4) is 0 Å². The topological polar surface area (TPSA) is 79.9 Å². The van der Waals surface area contributed by atoms with Gasteiger partial charge in [-0.1, -0.05) is 24.3 Å². The lowest BCUT2D eigenvalue weighted by molar-refractivity contribution is 0.0678. The average molecular weight is 367 g/mol. The van der Waals surface area contributed by atoms with Crippen molar-refractivity contribution in [2.45, 2.75) is 12.5 Å². The number of nitrogens with zero attached hydrogens (tertiary/aromatic N) is 1. The van der Waals surface area contributed by atoms with Crippen LogP contribution in [0, 0.1) is 0 Å². The molecule has 4 N–H and O–H groups in total. The van der Waals surface area contributed by atoms with E-state index in [1.54, 1.807) is 6.92 Å². The van der Waals surface area contributed by atoms with Gasteiger partial charge in [0.25, 0.3) is 0 Å². The van der Waals surface area contributed by atoms with Crippen molar-refractivity contribution in [2.24, 2.45) is 10.7 Å². The van der Waals surface area contributed by atoms with Gasteiger partial charge in [-0.15, -0.1) is 0 Å². The highest BCUT2D eigenvalue weighted by Gasteiger charge is 2.23. The minimum atomic E-state index is -1.05. The smallest absolute Gasteiger partial charge is 0.193 e. The molecule has 0 fully saturated rings. The minimum absolute atomic E-state index is 0.169. The summed E-state index contributed by atoms with van der Waals surface area (Å²) in [5.41, 5.74) is 6.50. The summed E-state index contributed by atoms with van der Waals surface area (Å²) in [5.74, 6) is 1.69. The summed E-state index contributed by atoms with van der Waals surface area (Å²) in [6.07, 6.45) is 0. The predicted octanol–water partition coefficient (Wildman–Crippen LogP) is 4.17. The number of rotatable bonds is 6. The summed E-state index contributed by atoms with van der Waals surface area (Å²) >= 11 is 1.54. The third kappa shape index (κ3) is 4.84. The maximum absolute atomic E-state index is 10.5. The number of benzene rings is 2. The van der Waals surface area contributed by atoms with E-state index in [2.05, 4.69) is 10.3 Å². The van der Waals surface area contributed by atoms with Crippen molar-refractivity contribution in [1.29, 1.82) is 0 Å². The Bertz CT molecular complexity index is 862. The molecule has 3 rings (SSSR count). The molecule has 0 saturated carbocycles. The summed E-state index contributed by atoms with van der Waals surface area (Å²) in [7, 11) is 0. The van der Waals surface area contributed by atoms with Crippen LogP contribution in [-0.4, -0.2) is 17.6 Å². The molecule has 6 heteroatoms. The zero-order chi connectivity index (χ0) is 18.4. The van der Waals surface area contributed by atoms with Crippen molar-refractivity contribution >= 4 is 23.0 Å². The fraction of sp³-hybridized carbons (Fsp3) is 0.150. The average Bonchev–Trinajstić information content (AvgIpc) is 3.17. The van der Waals surface area contributed by atoms with Crippen LogP contribution in [0.25, 0.3) is 0 Å². The maximum Gasteiger partial charge on any atom is 0.193 e. The van der Waals surface area contributed by atoms with Crippen LogP contribution in [0.5, 0.6) is 11.5 Å². The highest BCUT2D eigenvalue weighted by atomic mass is 32.1. The van der Waals surface area contributed by atoms with E-state index >= 15 is 0 Å². The Hall–Kier alpha value is -2.83. The number of anilines is 1. The molecule has 0 saturated heterocycles. The first kappa shape index (κ1) is 18.0. The van der Waals surface area contributed by atoms with Gasteiger partial charge in [-0.2, -0.15) is 11.3 Å². The summed E-state index contributed by atoms with van der Waals surface area (Å²) in [5, 5.41) is 17.3. The van der Waals surface area contributed by atoms with Crippen LogP contribution in [0.15, 0.2) is 76.4 Å². The van der Waals surface area contributed by atoms with E-state index in [1.165, 1.54) is 11.3 Å². The maximum atomic E-state index is 10.5. The second-order valence-corrected chi connectivity index (χ2v) is 6.84. The van der Waals surface area contributed by atoms with Crippen molar-refractivity contribution in [3.63, 3.8) is 0 Å². The van der Waals surface area contributed by atoms with Gasteiger partial charge in [-0.05, 0) is 53.6 Å². The van der Waals surface area contributed by atoms with Crippen LogP contribution in [0.2, 0.25) is 0 Å². The molecule has 0 amide bonds. The molecular weight excluding hydrogens is 346 g/mol. The Morgan fingerprint density at radius 1 is 1.15 bits per heavy atom. The molecule has 2 aromatic carbocycles. The number of aliphatic imine (C=N–C) groups is 1. The first-order valence-electron chi connectivity index (χ1n) is 8.18. The monoisotopic (exact) mass is 367 g/mol. The zero-order valence-corrected chi connectivity index (χ0v) is 15.2. The molecule has 0 aliphatic heterocycles. The van der Waals surface area contributed by atoms with Gasteiger partial charge in [0.2, 0.25) is 0 Å². The van der Waals surface area contributed by atoms with E-state index in [0.29, 0.717) is 5.75 Å². The number of nitrogens with two attached hydrogens (primary N) is 1. The molecule has 3 aromatic rings. The lowest BCUT2D eigenvalue weighted by atomic mass is 10.00. The van der Waals surface area contributed by atoms with E-state index in [-0.39, 0.29) is 12.5 Å². The standard InChI is InChI=1S/C20H21N3O2S/c1-20(24,15-10-11-26-13-15)14-22-19(21)23-16-6-5-9-18(12-16)25-17-7-3-2-4-8-17/h2-13,24H,14H2,1H3,(H3,21,22,23). The third-order valence-corrected chi connectivity index (χ3v) is 4.47. The van der Waals surface area contributed by atoms with Crippen molar-refractivity contribution in [3.8, 4) is 11.5 Å². The molecule has 0 spiro atoms. The Morgan fingerprint density at radius 3 is 2.65 bits per heavy atom. The van der Waals surface area contributed by atoms with Crippen LogP contribution in [-0.2, 0) is 5.60 Å². The highest BCUT2D eigenvalue weighted by molar-refractivity contribution is 7.08. The van der Waals surface area contributed by atoms with Gasteiger partial charge in [0.05, 0.1) is 6.54 Å². The van der Waals surface area contributed by atoms with Gasteiger partial charge >= 0.3 is 0 Å². The Balaban J connectivity index is 1.64. The number of ether oxygens (including phenoxy) is 1. The fourth-order valence-electron chi connectivity index (χ4n) is 2.35. The molecule has 134 valence electrons. The van der Waals surface area contributed by atoms with Crippen LogP contribution in [0.4, 0.5) is 5.69 Å². The molecule has 1 atom stereocenters. The molecule has 26 heavy (non-hydrogen) atoms. The number of hydrogen-bond acceptors (Lipinski definition) is 4. The van der Waals surface area contributed by atoms with Gasteiger partial charge in [0, 0.05) is 11.8 Å². The number of nitrogens with one attached hydrogen (secondary N) is 1. The molecule has 1 aromatic heterocycles. The van der Waals surface area contributed by atoms with E-state index in [9.17, 15) is 5.11 Å². The van der Waals surface area contributed by atoms with Gasteiger partial charge in [0.15, 0.2) is 5.96 Å². The van der Waals surface area contributed by atoms with Gasteiger partial charge in [-0.3, -0.25) is 0 Å². The summed E-state index contributed by atoms with van der Waals surface area (Å²) in [4.78, 5) is 4.26. The van der Waals surface area contributed by atoms with Gasteiger partial charge in [0.1, 0.15) is 17.1 Å². The van der Waals surface area contributed by atoms with Crippen molar-refractivity contribution in [2.75, 3.05) is 11.9 Å². The number of thiophene rings is 1. The fourth-order valence-corrected chi connectivity index (χ4v) is 3.13. The Kier molecular flexibility index (Phi) is 5.55. The van der Waals surface area contributed by atoms with Crippen molar-refractivity contribution in [1.82, 2.24) is 0 Å². The van der Waals surface area contributed by atoms with Crippen molar-refractivity contribution in [3.05, 3.63) is 77.0 Å². The van der Waals surface area contributed by atoms with Crippen LogP contribution < -0.4 is 15.8 Å². The number of hydrogen-bond donors (Lipinski definition) is 3. The molecule has 1 heterocycles. The normalized spacial score (nSPS) is 13.8. The van der Waals surface area contributed by atoms with Crippen molar-refractivity contribution < 1.29 is 9.84 Å². The molecular formula is C20H21N3O2S. The summed E-state index contributed by atoms with van der Waals surface area (Å²) in [6.45, 7) is 1.89. The lowest BCUT2D eigenvalue weighted by Gasteiger charge is -2.20. The second kappa shape index (κ2) is 8.03. The first-order valence-corrected chi connectivity index (χ1v) is 9.12. The van der Waals surface area contributed by atoms with Gasteiger partial charge in [-0.25, -0.2) is 4.99 Å². The largest absolute Gasteiger partial charge is 0.457 e. The van der Waals surface area contributed by atoms with E-state index in [4.69, 9.17) is 10.5 Å². The van der Waals surface area contributed by atoms with E-state index in [1.807, 2.05) is 71.4 Å². The number of para-hydroxylation sites is 1. The Labute approximate surface area is 156 Å². The summed E-state index contributed by atoms with van der Waals surface area (Å²) < 4.78 is 5.80. The highest BCUT2D eigenvalue weighted by Crippen LogP contribution is 2.25. The van der Waals surface area contributed by atoms with Gasteiger partial charge < -0.3 is 20.9 Å². The minimum Gasteiger partial charge on any atom is -0.457 e. The Morgan fingerprint density at radius 2 is 1.92 bits per heavy atom. The third-order valence-electron chi connectivity index (χ3n) is 3.79. The van der Waals surface area contributed by atoms with E-state index < -0.39 is 5.60 Å². The molecule has 0 aliphatic rings. The second-order valence-electron chi connectivity index (χ2n) is 6.06. The quantitative estimate of drug-likeness (QED) is 0.451. The van der Waals surface area contributed by atoms with E-state index in [0.717, 1.165) is 17.0 Å². The number of guanidine groups is 1. The first-order chi connectivity index (χ1) is 12.5. The molecule has 1 unspecified atom stereocenters. The molecule has 0 bridgehead atoms. The zero-order valence-electron chi connectivity index (χ0n) is 14.4. The SMILES string of the molecule is CC(O)(CN=C(N)Nc1cccc(Oc2ccccc2)c1)c1ccsc1. The molecule has 5 nitrogen and oxygen atoms in total.